The number of nitrogens with one attached hydrogen (secondary N) is 1. The van der Waals surface area contributed by atoms with Crippen LogP contribution >= 0.6 is 0 Å². The smallest absolute Gasteiger partial charge is 0.312 e. The second-order valence-corrected chi connectivity index (χ2v) is 6.21. The second-order valence-electron chi connectivity index (χ2n) is 6.21. The zero-order valence-corrected chi connectivity index (χ0v) is 12.2. The minimum atomic E-state index is -4.65. The molecule has 114 valence electrons. The van der Waals surface area contributed by atoms with Crippen LogP contribution in [0.3, 0.4) is 0 Å². The van der Waals surface area contributed by atoms with Crippen LogP contribution in [0.1, 0.15) is 38.8 Å². The van der Waals surface area contributed by atoms with Gasteiger partial charge in [0, 0.05) is 6.54 Å². The lowest BCUT2D eigenvalue weighted by Gasteiger charge is -2.27. The molecule has 0 aliphatic heterocycles. The van der Waals surface area contributed by atoms with Crippen molar-refractivity contribution in [3.63, 3.8) is 0 Å². The van der Waals surface area contributed by atoms with E-state index >= 15 is 0 Å². The Labute approximate surface area is 117 Å². The molecular weight excluding hydrogens is 270 g/mol. The highest BCUT2D eigenvalue weighted by Crippen LogP contribution is 2.32. The van der Waals surface area contributed by atoms with Crippen molar-refractivity contribution in [1.29, 1.82) is 0 Å². The highest BCUT2D eigenvalue weighted by molar-refractivity contribution is 5.27. The van der Waals surface area contributed by atoms with Crippen LogP contribution in [0, 0.1) is 17.2 Å². The van der Waals surface area contributed by atoms with Gasteiger partial charge in [-0.05, 0) is 35.6 Å². The monoisotopic (exact) mass is 291 g/mol. The van der Waals surface area contributed by atoms with Crippen molar-refractivity contribution in [3.05, 3.63) is 35.1 Å². The van der Waals surface area contributed by atoms with Gasteiger partial charge in [0.2, 0.25) is 0 Å². The zero-order chi connectivity index (χ0) is 15.6. The maximum Gasteiger partial charge on any atom is 0.419 e. The first kappa shape index (κ1) is 17.0. The van der Waals surface area contributed by atoms with Crippen LogP contribution in [0.4, 0.5) is 17.6 Å². The van der Waals surface area contributed by atoms with E-state index in [1.165, 1.54) is 6.07 Å². The van der Waals surface area contributed by atoms with Gasteiger partial charge < -0.3 is 5.32 Å². The van der Waals surface area contributed by atoms with Crippen LogP contribution in [0.15, 0.2) is 18.2 Å². The number of rotatable bonds is 4. The molecule has 0 aromatic heterocycles. The van der Waals surface area contributed by atoms with Crippen molar-refractivity contribution in [2.45, 2.75) is 40.4 Å². The molecule has 0 saturated carbocycles. The fourth-order valence-electron chi connectivity index (χ4n) is 1.64. The molecule has 1 aromatic carbocycles. The summed E-state index contributed by atoms with van der Waals surface area (Å²) in [5.41, 5.74) is -0.645. The molecule has 0 radical (unpaired) electrons. The Morgan fingerprint density at radius 1 is 1.15 bits per heavy atom. The van der Waals surface area contributed by atoms with E-state index in [9.17, 15) is 17.6 Å². The van der Waals surface area contributed by atoms with Gasteiger partial charge in [-0.3, -0.25) is 0 Å². The first-order valence-corrected chi connectivity index (χ1v) is 6.58. The Hall–Kier alpha value is -1.10. The maximum absolute atomic E-state index is 13.1. The van der Waals surface area contributed by atoms with Crippen LogP contribution in [-0.4, -0.2) is 6.54 Å². The van der Waals surface area contributed by atoms with Gasteiger partial charge in [0.05, 0.1) is 5.56 Å². The fraction of sp³-hybridized carbons (Fsp3) is 0.600. The zero-order valence-electron chi connectivity index (χ0n) is 12.2. The Morgan fingerprint density at radius 3 is 2.25 bits per heavy atom. The third-order valence-electron chi connectivity index (χ3n) is 3.59. The van der Waals surface area contributed by atoms with E-state index in [1.54, 1.807) is 0 Å². The van der Waals surface area contributed by atoms with E-state index in [1.807, 2.05) is 0 Å². The molecule has 0 aliphatic rings. The minimum absolute atomic E-state index is 0.132. The Bertz CT molecular complexity index is 446. The Kier molecular flexibility index (Phi) is 5.19. The molecule has 0 saturated heterocycles. The van der Waals surface area contributed by atoms with E-state index in [2.05, 4.69) is 33.0 Å². The van der Waals surface area contributed by atoms with Gasteiger partial charge in [0.25, 0.3) is 0 Å². The van der Waals surface area contributed by atoms with E-state index in [0.29, 0.717) is 24.6 Å². The number of hydrogen-bond acceptors (Lipinski definition) is 1. The quantitative estimate of drug-likeness (QED) is 0.798. The fourth-order valence-corrected chi connectivity index (χ4v) is 1.64. The van der Waals surface area contributed by atoms with Gasteiger partial charge in [0.15, 0.2) is 0 Å². The summed E-state index contributed by atoms with van der Waals surface area (Å²) in [6.07, 6.45) is -4.65. The van der Waals surface area contributed by atoms with Crippen molar-refractivity contribution in [2.24, 2.45) is 11.3 Å². The standard InChI is InChI=1S/C15H21F4N/c1-10(14(2,3)4)8-20-9-11-5-6-13(16)12(7-11)15(17,18)19/h5-7,10,20H,8-9H2,1-4H3. The Balaban J connectivity index is 2.66. The van der Waals surface area contributed by atoms with Crippen LogP contribution in [-0.2, 0) is 12.7 Å². The van der Waals surface area contributed by atoms with E-state index < -0.39 is 17.6 Å². The normalized spacial score (nSPS) is 14.4. The number of benzene rings is 1. The first-order valence-electron chi connectivity index (χ1n) is 6.58. The molecule has 1 aromatic rings. The lowest BCUT2D eigenvalue weighted by molar-refractivity contribution is -0.140. The lowest BCUT2D eigenvalue weighted by Crippen LogP contribution is -2.29. The van der Waals surface area contributed by atoms with Crippen molar-refractivity contribution in [2.75, 3.05) is 6.54 Å². The molecule has 1 nitrogen and oxygen atoms in total. The van der Waals surface area contributed by atoms with Crippen LogP contribution < -0.4 is 5.32 Å². The molecule has 0 heterocycles. The summed E-state index contributed by atoms with van der Waals surface area (Å²) in [5.74, 6) is -0.852. The summed E-state index contributed by atoms with van der Waals surface area (Å²) in [6.45, 7) is 9.40. The van der Waals surface area contributed by atoms with E-state index in [-0.39, 0.29) is 5.41 Å². The van der Waals surface area contributed by atoms with Crippen molar-refractivity contribution in [1.82, 2.24) is 5.32 Å². The molecule has 5 heteroatoms. The van der Waals surface area contributed by atoms with Crippen LogP contribution in [0.5, 0.6) is 0 Å². The summed E-state index contributed by atoms with van der Waals surface area (Å²) < 4.78 is 50.9. The second kappa shape index (κ2) is 6.12. The van der Waals surface area contributed by atoms with Gasteiger partial charge in [-0.1, -0.05) is 33.8 Å². The molecule has 1 unspecified atom stereocenters. The molecule has 0 bridgehead atoms. The Morgan fingerprint density at radius 2 is 1.75 bits per heavy atom. The molecule has 0 fully saturated rings. The molecule has 0 spiro atoms. The summed E-state index contributed by atoms with van der Waals surface area (Å²) >= 11 is 0. The van der Waals surface area contributed by atoms with Gasteiger partial charge in [-0.15, -0.1) is 0 Å². The summed E-state index contributed by atoms with van der Waals surface area (Å²) in [6, 6.07) is 3.11. The van der Waals surface area contributed by atoms with Crippen LogP contribution in [0.2, 0.25) is 0 Å². The predicted octanol–water partition coefficient (Wildman–Crippen LogP) is 4.62. The molecular formula is C15H21F4N. The predicted molar refractivity (Wildman–Crippen MR) is 71.7 cm³/mol. The SMILES string of the molecule is CC(CNCc1ccc(F)c(C(F)(F)F)c1)C(C)(C)C. The molecule has 1 N–H and O–H groups in total. The van der Waals surface area contributed by atoms with Gasteiger partial charge in [0.1, 0.15) is 5.82 Å². The van der Waals surface area contributed by atoms with Crippen LogP contribution in [0.25, 0.3) is 0 Å². The molecule has 0 amide bonds. The number of alkyl halides is 3. The number of halogens is 4. The van der Waals surface area contributed by atoms with E-state index in [0.717, 1.165) is 12.1 Å². The average molecular weight is 291 g/mol. The molecule has 1 atom stereocenters. The summed E-state index contributed by atoms with van der Waals surface area (Å²) in [7, 11) is 0. The summed E-state index contributed by atoms with van der Waals surface area (Å²) in [4.78, 5) is 0. The minimum Gasteiger partial charge on any atom is -0.312 e. The third-order valence-corrected chi connectivity index (χ3v) is 3.59. The molecule has 0 aliphatic carbocycles. The first-order chi connectivity index (χ1) is 9.01. The summed E-state index contributed by atoms with van der Waals surface area (Å²) in [5, 5.41) is 3.12. The molecule has 1 rings (SSSR count). The van der Waals surface area contributed by atoms with Crippen molar-refractivity contribution >= 4 is 0 Å². The van der Waals surface area contributed by atoms with Gasteiger partial charge >= 0.3 is 6.18 Å². The highest BCUT2D eigenvalue weighted by atomic mass is 19.4. The largest absolute Gasteiger partial charge is 0.419 e. The van der Waals surface area contributed by atoms with Crippen molar-refractivity contribution < 1.29 is 17.6 Å². The topological polar surface area (TPSA) is 12.0 Å². The van der Waals surface area contributed by atoms with Gasteiger partial charge in [-0.2, -0.15) is 13.2 Å². The van der Waals surface area contributed by atoms with E-state index in [4.69, 9.17) is 0 Å². The van der Waals surface area contributed by atoms with Gasteiger partial charge in [-0.25, -0.2) is 4.39 Å². The lowest BCUT2D eigenvalue weighted by atomic mass is 9.82. The maximum atomic E-state index is 13.1. The van der Waals surface area contributed by atoms with Crippen molar-refractivity contribution in [3.8, 4) is 0 Å². The molecule has 20 heavy (non-hydrogen) atoms. The third kappa shape index (κ3) is 4.78. The highest BCUT2D eigenvalue weighted by Gasteiger charge is 2.34. The number of hydrogen-bond donors (Lipinski definition) is 1. The average Bonchev–Trinajstić information content (AvgIpc) is 2.28.